The first kappa shape index (κ1) is 17.2. The highest BCUT2D eigenvalue weighted by Gasteiger charge is 2.41. The minimum atomic E-state index is -1.53. The Morgan fingerprint density at radius 3 is 2.65 bits per heavy atom. The van der Waals surface area contributed by atoms with Crippen LogP contribution in [0, 0.1) is 12.3 Å². The molecule has 1 aromatic heterocycles. The van der Waals surface area contributed by atoms with Gasteiger partial charge in [-0.1, -0.05) is 5.10 Å². The molecule has 23 heavy (non-hydrogen) atoms. The molecule has 2 rings (SSSR count). The van der Waals surface area contributed by atoms with Crippen molar-refractivity contribution in [2.24, 2.45) is 5.41 Å². The maximum absolute atomic E-state index is 13.8. The molecule has 2 heterocycles. The number of carbonyl (C=O) groups is 2. The number of alkyl halides is 1. The van der Waals surface area contributed by atoms with Gasteiger partial charge in [0, 0.05) is 26.9 Å². The molecule has 2 atom stereocenters. The van der Waals surface area contributed by atoms with Gasteiger partial charge < -0.3 is 19.3 Å². The largest absolute Gasteiger partial charge is 0.480 e. The fourth-order valence-electron chi connectivity index (χ4n) is 2.64. The van der Waals surface area contributed by atoms with E-state index in [1.807, 2.05) is 0 Å². The molecule has 8 nitrogen and oxygen atoms in total. The molecular formula is C14H21FN4O4. The smallest absolute Gasteiger partial charge is 0.318 e. The van der Waals surface area contributed by atoms with Gasteiger partial charge in [-0.25, -0.2) is 4.39 Å². The van der Waals surface area contributed by atoms with E-state index in [4.69, 9.17) is 9.52 Å². The van der Waals surface area contributed by atoms with Gasteiger partial charge in [0.1, 0.15) is 11.6 Å². The van der Waals surface area contributed by atoms with Gasteiger partial charge in [-0.05, 0) is 13.8 Å². The normalized spacial score (nSPS) is 21.5. The Hall–Kier alpha value is -2.19. The Labute approximate surface area is 133 Å². The molecule has 128 valence electrons. The third-order valence-electron chi connectivity index (χ3n) is 4.03. The number of carboxylic acids is 1. The zero-order valence-electron chi connectivity index (χ0n) is 13.6. The average molecular weight is 328 g/mol. The fourth-order valence-corrected chi connectivity index (χ4v) is 2.64. The summed E-state index contributed by atoms with van der Waals surface area (Å²) in [6, 6.07) is -0.130. The van der Waals surface area contributed by atoms with Crippen LogP contribution in [0.15, 0.2) is 4.42 Å². The second kappa shape index (κ2) is 6.13. The summed E-state index contributed by atoms with van der Waals surface area (Å²) in [4.78, 5) is 26.4. The van der Waals surface area contributed by atoms with Crippen LogP contribution in [0.25, 0.3) is 0 Å². The second-order valence-electron chi connectivity index (χ2n) is 6.36. The van der Waals surface area contributed by atoms with Crippen LogP contribution in [-0.4, -0.2) is 64.4 Å². The van der Waals surface area contributed by atoms with E-state index >= 15 is 0 Å². The van der Waals surface area contributed by atoms with Gasteiger partial charge >= 0.3 is 12.0 Å². The number of carbonyl (C=O) groups excluding carboxylic acids is 1. The molecule has 1 aromatic rings. The van der Waals surface area contributed by atoms with Crippen molar-refractivity contribution in [2.75, 3.05) is 25.0 Å². The molecule has 1 N–H and O–H groups in total. The SMILES string of the molecule is Cc1nnc(N2C[C@@H](F)C[C@H]2CN(C)C(=O)C(C)(C)C(=O)O)o1. The Morgan fingerprint density at radius 2 is 2.13 bits per heavy atom. The number of amides is 1. The van der Waals surface area contributed by atoms with Crippen molar-refractivity contribution in [3.8, 4) is 0 Å². The van der Waals surface area contributed by atoms with Crippen LogP contribution >= 0.6 is 0 Å². The molecule has 1 aliphatic rings. The molecule has 0 bridgehead atoms. The lowest BCUT2D eigenvalue weighted by molar-refractivity contribution is -0.157. The minimum Gasteiger partial charge on any atom is -0.480 e. The molecule has 0 radical (unpaired) electrons. The van der Waals surface area contributed by atoms with E-state index in [2.05, 4.69) is 10.2 Å². The highest BCUT2D eigenvalue weighted by atomic mass is 19.1. The van der Waals surface area contributed by atoms with E-state index in [-0.39, 0.29) is 31.6 Å². The molecule has 0 aliphatic carbocycles. The van der Waals surface area contributed by atoms with Gasteiger partial charge in [-0.2, -0.15) is 0 Å². The van der Waals surface area contributed by atoms with Crippen LogP contribution in [-0.2, 0) is 9.59 Å². The molecule has 1 amide bonds. The van der Waals surface area contributed by atoms with Crippen molar-refractivity contribution in [1.82, 2.24) is 15.1 Å². The van der Waals surface area contributed by atoms with Crippen LogP contribution < -0.4 is 4.90 Å². The third-order valence-corrected chi connectivity index (χ3v) is 4.03. The molecular weight excluding hydrogens is 307 g/mol. The van der Waals surface area contributed by atoms with Crippen molar-refractivity contribution in [3.05, 3.63) is 5.89 Å². The van der Waals surface area contributed by atoms with E-state index in [9.17, 15) is 14.0 Å². The number of hydrogen-bond acceptors (Lipinski definition) is 6. The zero-order valence-corrected chi connectivity index (χ0v) is 13.6. The van der Waals surface area contributed by atoms with Gasteiger partial charge in [0.15, 0.2) is 0 Å². The van der Waals surface area contributed by atoms with E-state index in [0.717, 1.165) is 0 Å². The Balaban J connectivity index is 2.11. The highest BCUT2D eigenvalue weighted by molar-refractivity contribution is 6.00. The number of nitrogens with zero attached hydrogens (tertiary/aromatic N) is 4. The summed E-state index contributed by atoms with van der Waals surface area (Å²) in [5.74, 6) is -1.36. The Morgan fingerprint density at radius 1 is 1.48 bits per heavy atom. The van der Waals surface area contributed by atoms with Gasteiger partial charge in [-0.15, -0.1) is 5.10 Å². The Kier molecular flexibility index (Phi) is 4.58. The summed E-state index contributed by atoms with van der Waals surface area (Å²) in [6.45, 7) is 4.62. The molecule has 1 aliphatic heterocycles. The first-order valence-electron chi connectivity index (χ1n) is 7.32. The topological polar surface area (TPSA) is 99.8 Å². The predicted octanol–water partition coefficient (Wildman–Crippen LogP) is 0.864. The van der Waals surface area contributed by atoms with Gasteiger partial charge in [-0.3, -0.25) is 9.59 Å². The number of carboxylic acid groups (broad SMARTS) is 1. The maximum Gasteiger partial charge on any atom is 0.318 e. The van der Waals surface area contributed by atoms with Gasteiger partial charge in [0.2, 0.25) is 11.8 Å². The molecule has 9 heteroatoms. The van der Waals surface area contributed by atoms with Crippen LogP contribution in [0.5, 0.6) is 0 Å². The van der Waals surface area contributed by atoms with Crippen molar-refractivity contribution in [2.45, 2.75) is 39.4 Å². The number of aromatic nitrogens is 2. The average Bonchev–Trinajstić information content (AvgIpc) is 3.03. The lowest BCUT2D eigenvalue weighted by Gasteiger charge is -2.30. The van der Waals surface area contributed by atoms with Gasteiger partial charge in [0.05, 0.1) is 12.6 Å². The number of aryl methyl sites for hydroxylation is 1. The van der Waals surface area contributed by atoms with Crippen molar-refractivity contribution in [3.63, 3.8) is 0 Å². The lowest BCUT2D eigenvalue weighted by atomic mass is 9.92. The summed E-state index contributed by atoms with van der Waals surface area (Å²) in [7, 11) is 1.51. The number of hydrogen-bond donors (Lipinski definition) is 1. The van der Waals surface area contributed by atoms with Crippen LogP contribution in [0.1, 0.15) is 26.2 Å². The first-order valence-corrected chi connectivity index (χ1v) is 7.32. The quantitative estimate of drug-likeness (QED) is 0.800. The van der Waals surface area contributed by atoms with Crippen LogP contribution in [0.3, 0.4) is 0 Å². The van der Waals surface area contributed by atoms with Crippen LogP contribution in [0.2, 0.25) is 0 Å². The standard InChI is InChI=1S/C14H21FN4O4/c1-8-16-17-13(23-8)19-6-9(15)5-10(19)7-18(4)11(20)14(2,3)12(21)22/h9-10H,5-7H2,1-4H3,(H,21,22)/t9-,10-/m0/s1. The minimum absolute atomic E-state index is 0.108. The summed E-state index contributed by atoms with van der Waals surface area (Å²) < 4.78 is 19.1. The molecule has 0 aromatic carbocycles. The highest BCUT2D eigenvalue weighted by Crippen LogP contribution is 2.28. The molecule has 0 unspecified atom stereocenters. The fraction of sp³-hybridized carbons (Fsp3) is 0.714. The number of rotatable bonds is 5. The summed E-state index contributed by atoms with van der Waals surface area (Å²) in [5, 5.41) is 16.8. The van der Waals surface area contributed by atoms with E-state index in [1.165, 1.54) is 25.8 Å². The van der Waals surface area contributed by atoms with E-state index in [0.29, 0.717) is 5.89 Å². The molecule has 0 saturated carbocycles. The number of anilines is 1. The molecule has 1 fully saturated rings. The van der Waals surface area contributed by atoms with Crippen molar-refractivity contribution in [1.29, 1.82) is 0 Å². The lowest BCUT2D eigenvalue weighted by Crippen LogP contribution is -2.48. The third kappa shape index (κ3) is 3.43. The summed E-state index contributed by atoms with van der Waals surface area (Å²) in [5.41, 5.74) is -1.53. The monoisotopic (exact) mass is 328 g/mol. The number of aliphatic carboxylic acids is 1. The Bertz CT molecular complexity index is 603. The van der Waals surface area contributed by atoms with E-state index < -0.39 is 23.5 Å². The van der Waals surface area contributed by atoms with Crippen molar-refractivity contribution < 1.29 is 23.5 Å². The molecule has 1 saturated heterocycles. The second-order valence-corrected chi connectivity index (χ2v) is 6.36. The van der Waals surface area contributed by atoms with Gasteiger partial charge in [0.25, 0.3) is 0 Å². The number of halogens is 1. The summed E-state index contributed by atoms with van der Waals surface area (Å²) >= 11 is 0. The summed E-state index contributed by atoms with van der Waals surface area (Å²) in [6.07, 6.45) is -0.852. The number of likely N-dealkylation sites (N-methyl/N-ethyl adjacent to an activating group) is 1. The molecule has 0 spiro atoms. The van der Waals surface area contributed by atoms with E-state index in [1.54, 1.807) is 11.8 Å². The van der Waals surface area contributed by atoms with Crippen molar-refractivity contribution >= 4 is 17.9 Å². The maximum atomic E-state index is 13.8. The predicted molar refractivity (Wildman–Crippen MR) is 78.7 cm³/mol. The van der Waals surface area contributed by atoms with Crippen LogP contribution in [0.4, 0.5) is 10.4 Å². The first-order chi connectivity index (χ1) is 10.6. The zero-order chi connectivity index (χ0) is 17.4.